The van der Waals surface area contributed by atoms with Crippen molar-refractivity contribution in [3.8, 4) is 0 Å². The highest BCUT2D eigenvalue weighted by Gasteiger charge is 2.44. The van der Waals surface area contributed by atoms with E-state index in [2.05, 4.69) is 4.98 Å². The number of para-hydroxylation sites is 1. The van der Waals surface area contributed by atoms with Crippen molar-refractivity contribution in [1.29, 1.82) is 0 Å². The maximum Gasteiger partial charge on any atom is 0.307 e. The lowest BCUT2D eigenvalue weighted by Crippen LogP contribution is -2.55. The molecular weight excluding hydrogens is 392 g/mol. The van der Waals surface area contributed by atoms with Crippen molar-refractivity contribution in [2.75, 3.05) is 6.54 Å². The van der Waals surface area contributed by atoms with Gasteiger partial charge in [-0.2, -0.15) is 0 Å². The summed E-state index contributed by atoms with van der Waals surface area (Å²) in [6.45, 7) is 2.16. The van der Waals surface area contributed by atoms with E-state index in [4.69, 9.17) is 0 Å². The number of carboxylic acid groups (broad SMARTS) is 1. The summed E-state index contributed by atoms with van der Waals surface area (Å²) >= 11 is 0. The minimum atomic E-state index is -0.950. The number of aliphatic carboxylic acids is 1. The Labute approximate surface area is 180 Å². The Kier molecular flexibility index (Phi) is 5.89. The van der Waals surface area contributed by atoms with Crippen LogP contribution in [0.25, 0.3) is 10.9 Å². The van der Waals surface area contributed by atoms with Gasteiger partial charge in [0, 0.05) is 41.5 Å². The van der Waals surface area contributed by atoms with E-state index in [1.54, 1.807) is 36.1 Å². The van der Waals surface area contributed by atoms with Crippen LogP contribution >= 0.6 is 0 Å². The van der Waals surface area contributed by atoms with Crippen molar-refractivity contribution < 1.29 is 19.5 Å². The van der Waals surface area contributed by atoms with Crippen LogP contribution in [0.3, 0.4) is 0 Å². The number of rotatable bonds is 6. The molecular formula is C25H26N2O4. The summed E-state index contributed by atoms with van der Waals surface area (Å²) < 4.78 is 0. The number of carbonyl (C=O) groups is 3. The van der Waals surface area contributed by atoms with E-state index in [1.807, 2.05) is 36.5 Å². The van der Waals surface area contributed by atoms with Gasteiger partial charge in [0.15, 0.2) is 5.78 Å². The van der Waals surface area contributed by atoms with E-state index < -0.39 is 23.8 Å². The van der Waals surface area contributed by atoms with Crippen LogP contribution in [0.2, 0.25) is 0 Å². The lowest BCUT2D eigenvalue weighted by molar-refractivity contribution is -0.149. The monoisotopic (exact) mass is 418 g/mol. The number of nitrogens with zero attached hydrogens (tertiary/aromatic N) is 1. The predicted molar refractivity (Wildman–Crippen MR) is 118 cm³/mol. The molecule has 3 aromatic rings. The van der Waals surface area contributed by atoms with Crippen LogP contribution in [0.1, 0.15) is 35.7 Å². The summed E-state index contributed by atoms with van der Waals surface area (Å²) in [6, 6.07) is 16.1. The topological polar surface area (TPSA) is 90.5 Å². The molecule has 1 saturated heterocycles. The summed E-state index contributed by atoms with van der Waals surface area (Å²) in [5.41, 5.74) is 2.45. The molecule has 1 fully saturated rings. The Balaban J connectivity index is 1.70. The number of hydrogen-bond acceptors (Lipinski definition) is 3. The van der Waals surface area contributed by atoms with E-state index in [-0.39, 0.29) is 11.7 Å². The predicted octanol–water partition coefficient (Wildman–Crippen LogP) is 3.92. The van der Waals surface area contributed by atoms with Gasteiger partial charge < -0.3 is 15.0 Å². The number of H-pyrrole nitrogens is 1. The molecule has 31 heavy (non-hydrogen) atoms. The number of fused-ring (bicyclic) bond motifs is 1. The van der Waals surface area contributed by atoms with Crippen molar-refractivity contribution in [1.82, 2.24) is 9.88 Å². The SMILES string of the molecule is CCC(C(=O)O)C1CCN(C(=O)c2ccccc2)C(Cc2c[nH]c3ccccc23)C1=O. The minimum Gasteiger partial charge on any atom is -0.481 e. The largest absolute Gasteiger partial charge is 0.481 e. The second-order valence-electron chi connectivity index (χ2n) is 8.09. The Bertz CT molecular complexity index is 1100. The van der Waals surface area contributed by atoms with Crippen LogP contribution in [0, 0.1) is 11.8 Å². The average Bonchev–Trinajstić information content (AvgIpc) is 3.19. The maximum atomic E-state index is 13.6. The Morgan fingerprint density at radius 3 is 2.55 bits per heavy atom. The molecule has 3 unspecified atom stereocenters. The van der Waals surface area contributed by atoms with Gasteiger partial charge in [-0.05, 0) is 36.6 Å². The smallest absolute Gasteiger partial charge is 0.307 e. The Morgan fingerprint density at radius 2 is 1.84 bits per heavy atom. The molecule has 0 saturated carbocycles. The number of hydrogen-bond donors (Lipinski definition) is 2. The first-order chi connectivity index (χ1) is 15.0. The summed E-state index contributed by atoms with van der Waals surface area (Å²) in [6.07, 6.45) is 2.99. The maximum absolute atomic E-state index is 13.6. The van der Waals surface area contributed by atoms with Gasteiger partial charge in [0.25, 0.3) is 5.91 Å². The first kappa shape index (κ1) is 20.8. The number of amides is 1. The third-order valence-corrected chi connectivity index (χ3v) is 6.36. The second kappa shape index (κ2) is 8.76. The van der Waals surface area contributed by atoms with Gasteiger partial charge in [0.05, 0.1) is 12.0 Å². The molecule has 160 valence electrons. The lowest BCUT2D eigenvalue weighted by Gasteiger charge is -2.40. The van der Waals surface area contributed by atoms with Gasteiger partial charge in [-0.1, -0.05) is 43.3 Å². The van der Waals surface area contributed by atoms with Crippen molar-refractivity contribution in [2.45, 2.75) is 32.2 Å². The minimum absolute atomic E-state index is 0.157. The van der Waals surface area contributed by atoms with Gasteiger partial charge >= 0.3 is 5.97 Å². The first-order valence-electron chi connectivity index (χ1n) is 10.7. The first-order valence-corrected chi connectivity index (χ1v) is 10.7. The third-order valence-electron chi connectivity index (χ3n) is 6.36. The number of carboxylic acids is 1. The fourth-order valence-corrected chi connectivity index (χ4v) is 4.72. The summed E-state index contributed by atoms with van der Waals surface area (Å²) in [5, 5.41) is 10.7. The van der Waals surface area contributed by atoms with Crippen LogP contribution in [0.15, 0.2) is 60.8 Å². The lowest BCUT2D eigenvalue weighted by atomic mass is 9.77. The van der Waals surface area contributed by atoms with Crippen molar-refractivity contribution in [3.05, 3.63) is 71.9 Å². The van der Waals surface area contributed by atoms with Crippen LogP contribution in [-0.2, 0) is 16.0 Å². The number of likely N-dealkylation sites (tertiary alicyclic amines) is 1. The molecule has 1 aromatic heterocycles. The average molecular weight is 418 g/mol. The molecule has 4 rings (SSSR count). The number of nitrogens with one attached hydrogen (secondary N) is 1. The molecule has 1 amide bonds. The quantitative estimate of drug-likeness (QED) is 0.635. The van der Waals surface area contributed by atoms with Gasteiger partial charge in [0.2, 0.25) is 0 Å². The number of piperidine rings is 1. The normalized spacial score (nSPS) is 20.0. The van der Waals surface area contributed by atoms with Crippen molar-refractivity contribution >= 4 is 28.6 Å². The Morgan fingerprint density at radius 1 is 1.13 bits per heavy atom. The molecule has 1 aliphatic heterocycles. The van der Waals surface area contributed by atoms with E-state index in [1.165, 1.54) is 0 Å². The second-order valence-corrected chi connectivity index (χ2v) is 8.09. The van der Waals surface area contributed by atoms with Gasteiger partial charge in [0.1, 0.15) is 0 Å². The van der Waals surface area contributed by atoms with Gasteiger partial charge in [-0.3, -0.25) is 14.4 Å². The van der Waals surface area contributed by atoms with E-state index in [0.717, 1.165) is 16.5 Å². The van der Waals surface area contributed by atoms with Crippen LogP contribution < -0.4 is 0 Å². The highest BCUT2D eigenvalue weighted by molar-refractivity contribution is 6.00. The van der Waals surface area contributed by atoms with Crippen molar-refractivity contribution in [3.63, 3.8) is 0 Å². The molecule has 2 N–H and O–H groups in total. The van der Waals surface area contributed by atoms with Gasteiger partial charge in [-0.25, -0.2) is 0 Å². The van der Waals surface area contributed by atoms with Crippen molar-refractivity contribution in [2.24, 2.45) is 11.8 Å². The fraction of sp³-hybridized carbons (Fsp3) is 0.320. The highest BCUT2D eigenvalue weighted by atomic mass is 16.4. The number of aromatic nitrogens is 1. The summed E-state index contributed by atoms with van der Waals surface area (Å²) in [7, 11) is 0. The zero-order valence-corrected chi connectivity index (χ0v) is 17.5. The molecule has 6 nitrogen and oxygen atoms in total. The summed E-state index contributed by atoms with van der Waals surface area (Å²) in [5.74, 6) is -2.62. The van der Waals surface area contributed by atoms with Gasteiger partial charge in [-0.15, -0.1) is 0 Å². The molecule has 3 atom stereocenters. The fourth-order valence-electron chi connectivity index (χ4n) is 4.72. The number of ketones is 1. The van der Waals surface area contributed by atoms with E-state index >= 15 is 0 Å². The van der Waals surface area contributed by atoms with Crippen LogP contribution in [0.5, 0.6) is 0 Å². The summed E-state index contributed by atoms with van der Waals surface area (Å²) in [4.78, 5) is 43.5. The standard InChI is InChI=1S/C25H26N2O4/c1-2-18(25(30)31)20-12-13-27(24(29)16-8-4-3-5-9-16)22(23(20)28)14-17-15-26-21-11-7-6-10-19(17)21/h3-11,15,18,20,22,26H,2,12-14H2,1H3,(H,30,31). The zero-order valence-electron chi connectivity index (χ0n) is 17.5. The Hall–Kier alpha value is -3.41. The van der Waals surface area contributed by atoms with E-state index in [0.29, 0.717) is 31.4 Å². The van der Waals surface area contributed by atoms with E-state index in [9.17, 15) is 19.5 Å². The molecule has 0 aliphatic carbocycles. The zero-order chi connectivity index (χ0) is 22.0. The number of carbonyl (C=O) groups excluding carboxylic acids is 2. The van der Waals surface area contributed by atoms with Crippen LogP contribution in [0.4, 0.5) is 0 Å². The molecule has 6 heteroatoms. The molecule has 0 spiro atoms. The molecule has 0 radical (unpaired) electrons. The molecule has 1 aliphatic rings. The molecule has 0 bridgehead atoms. The number of aromatic amines is 1. The third kappa shape index (κ3) is 3.98. The number of Topliss-reactive ketones (excluding diaryl/α,β-unsaturated/α-hetero) is 1. The molecule has 2 heterocycles. The molecule has 2 aromatic carbocycles. The van der Waals surface area contributed by atoms with Crippen LogP contribution in [-0.4, -0.2) is 45.2 Å². The number of benzene rings is 2. The highest BCUT2D eigenvalue weighted by Crippen LogP contribution is 2.32.